The maximum Gasteiger partial charge on any atom is 0.437 e. The average molecular weight is 311 g/mol. The summed E-state index contributed by atoms with van der Waals surface area (Å²) in [5, 5.41) is 4.02. The minimum atomic E-state index is -0.683. The van der Waals surface area contributed by atoms with Gasteiger partial charge in [0, 0.05) is 12.2 Å². The highest BCUT2D eigenvalue weighted by atomic mass is 16.4. The van der Waals surface area contributed by atoms with E-state index in [4.69, 9.17) is 8.83 Å². The molecule has 0 unspecified atom stereocenters. The van der Waals surface area contributed by atoms with Crippen molar-refractivity contribution in [2.45, 2.75) is 13.0 Å². The van der Waals surface area contributed by atoms with E-state index in [0.717, 1.165) is 22.4 Å². The number of amides is 1. The van der Waals surface area contributed by atoms with E-state index in [2.05, 4.69) is 5.10 Å². The second-order valence-electron chi connectivity index (χ2n) is 5.23. The van der Waals surface area contributed by atoms with Crippen LogP contribution in [0.5, 0.6) is 0 Å². The van der Waals surface area contributed by atoms with Crippen LogP contribution in [0.4, 0.5) is 5.69 Å². The molecule has 0 radical (unpaired) electrons. The summed E-state index contributed by atoms with van der Waals surface area (Å²) < 4.78 is 11.2. The second kappa shape index (κ2) is 5.28. The van der Waals surface area contributed by atoms with E-state index in [-0.39, 0.29) is 18.3 Å². The summed E-state index contributed by atoms with van der Waals surface area (Å²) in [5.74, 6) is -0.469. The van der Waals surface area contributed by atoms with Gasteiger partial charge in [-0.2, -0.15) is 4.68 Å². The number of carbonyl (C=O) groups is 1. The molecule has 0 saturated carbocycles. The first-order valence-corrected chi connectivity index (χ1v) is 7.22. The molecule has 116 valence electrons. The molecule has 0 fully saturated rings. The molecule has 4 rings (SSSR count). The number of carbonyl (C=O) groups excluding carboxylic acids is 1. The molecule has 0 N–H and O–H groups in total. The molecule has 1 aliphatic heterocycles. The molecule has 3 heterocycles. The Kier molecular flexibility index (Phi) is 3.11. The first-order valence-electron chi connectivity index (χ1n) is 7.22. The third kappa shape index (κ3) is 2.36. The van der Waals surface area contributed by atoms with Gasteiger partial charge in [0.05, 0.1) is 6.26 Å². The number of fused-ring (bicyclic) bond motifs is 1. The molecule has 0 aliphatic carbocycles. The highest BCUT2D eigenvalue weighted by molar-refractivity contribution is 5.95. The third-order valence-electron chi connectivity index (χ3n) is 3.81. The normalized spacial score (nSPS) is 13.3. The summed E-state index contributed by atoms with van der Waals surface area (Å²) in [4.78, 5) is 26.0. The van der Waals surface area contributed by atoms with Gasteiger partial charge < -0.3 is 13.7 Å². The van der Waals surface area contributed by atoms with Crippen molar-refractivity contribution in [2.75, 3.05) is 11.4 Å². The predicted octanol–water partition coefficient (Wildman–Crippen LogP) is 1.69. The number of rotatable bonds is 3. The predicted molar refractivity (Wildman–Crippen MR) is 81.0 cm³/mol. The van der Waals surface area contributed by atoms with Crippen LogP contribution in [-0.2, 0) is 17.8 Å². The van der Waals surface area contributed by atoms with Gasteiger partial charge in [0.25, 0.3) is 5.89 Å². The van der Waals surface area contributed by atoms with Crippen molar-refractivity contribution in [3.05, 3.63) is 58.8 Å². The summed E-state index contributed by atoms with van der Waals surface area (Å²) in [5.41, 5.74) is 2.02. The van der Waals surface area contributed by atoms with Crippen LogP contribution >= 0.6 is 0 Å². The molecule has 0 atom stereocenters. The maximum absolute atomic E-state index is 12.5. The molecule has 2 aromatic heterocycles. The molecule has 0 saturated heterocycles. The Morgan fingerprint density at radius 2 is 2.09 bits per heavy atom. The molecular formula is C16H13N3O4. The Labute approximate surface area is 130 Å². The SMILES string of the molecule is O=C(Cn1nc(-c2ccco2)oc1=O)N1CCc2ccccc21. The summed E-state index contributed by atoms with van der Waals surface area (Å²) in [6, 6.07) is 11.0. The van der Waals surface area contributed by atoms with Crippen molar-refractivity contribution in [3.8, 4) is 11.7 Å². The average Bonchev–Trinajstić information content (AvgIpc) is 3.27. The Morgan fingerprint density at radius 1 is 1.22 bits per heavy atom. The number of anilines is 1. The van der Waals surface area contributed by atoms with Crippen LogP contribution in [0.2, 0.25) is 0 Å². The van der Waals surface area contributed by atoms with Crippen LogP contribution in [0.25, 0.3) is 11.7 Å². The minimum absolute atomic E-state index is 0.0645. The summed E-state index contributed by atoms with van der Waals surface area (Å²) in [7, 11) is 0. The molecule has 3 aromatic rings. The number of nitrogens with zero attached hydrogens (tertiary/aromatic N) is 3. The highest BCUT2D eigenvalue weighted by Crippen LogP contribution is 2.27. The Hall–Kier alpha value is -3.09. The molecule has 0 spiro atoms. The molecule has 1 aliphatic rings. The maximum atomic E-state index is 12.5. The topological polar surface area (TPSA) is 81.5 Å². The van der Waals surface area contributed by atoms with Crippen molar-refractivity contribution >= 4 is 11.6 Å². The fraction of sp³-hybridized carbons (Fsp3) is 0.188. The largest absolute Gasteiger partial charge is 0.459 e. The van der Waals surface area contributed by atoms with Gasteiger partial charge in [0.2, 0.25) is 5.91 Å². The second-order valence-corrected chi connectivity index (χ2v) is 5.23. The molecule has 23 heavy (non-hydrogen) atoms. The number of para-hydroxylation sites is 1. The van der Waals surface area contributed by atoms with Crippen LogP contribution in [-0.4, -0.2) is 22.2 Å². The van der Waals surface area contributed by atoms with Gasteiger partial charge >= 0.3 is 5.76 Å². The first kappa shape index (κ1) is 13.6. The Balaban J connectivity index is 1.57. The number of aromatic nitrogens is 2. The van der Waals surface area contributed by atoms with E-state index >= 15 is 0 Å². The van der Waals surface area contributed by atoms with Crippen LogP contribution in [0.3, 0.4) is 0 Å². The van der Waals surface area contributed by atoms with E-state index in [0.29, 0.717) is 12.3 Å². The van der Waals surface area contributed by atoms with Gasteiger partial charge in [0.15, 0.2) is 5.76 Å². The monoisotopic (exact) mass is 311 g/mol. The lowest BCUT2D eigenvalue weighted by atomic mass is 10.2. The van der Waals surface area contributed by atoms with Gasteiger partial charge in [-0.25, -0.2) is 4.79 Å². The zero-order valence-electron chi connectivity index (χ0n) is 12.1. The van der Waals surface area contributed by atoms with Crippen molar-refractivity contribution in [1.82, 2.24) is 9.78 Å². The van der Waals surface area contributed by atoms with E-state index in [1.165, 1.54) is 6.26 Å². The Bertz CT molecular complexity index is 908. The highest BCUT2D eigenvalue weighted by Gasteiger charge is 2.25. The Morgan fingerprint density at radius 3 is 2.91 bits per heavy atom. The summed E-state index contributed by atoms with van der Waals surface area (Å²) >= 11 is 0. The zero-order chi connectivity index (χ0) is 15.8. The fourth-order valence-electron chi connectivity index (χ4n) is 2.72. The number of hydrogen-bond acceptors (Lipinski definition) is 5. The van der Waals surface area contributed by atoms with E-state index < -0.39 is 5.76 Å². The lowest BCUT2D eigenvalue weighted by Gasteiger charge is -2.16. The van der Waals surface area contributed by atoms with Gasteiger partial charge in [-0.15, -0.1) is 5.10 Å². The molecule has 1 aromatic carbocycles. The fourth-order valence-corrected chi connectivity index (χ4v) is 2.72. The van der Waals surface area contributed by atoms with Crippen LogP contribution in [0.15, 0.2) is 56.3 Å². The zero-order valence-corrected chi connectivity index (χ0v) is 12.1. The number of hydrogen-bond donors (Lipinski definition) is 0. The number of benzene rings is 1. The summed E-state index contributed by atoms with van der Waals surface area (Å²) in [6.07, 6.45) is 2.27. The minimum Gasteiger partial charge on any atom is -0.459 e. The van der Waals surface area contributed by atoms with Crippen molar-refractivity contribution < 1.29 is 13.6 Å². The third-order valence-corrected chi connectivity index (χ3v) is 3.81. The first-order chi connectivity index (χ1) is 11.2. The van der Waals surface area contributed by atoms with Crippen molar-refractivity contribution in [3.63, 3.8) is 0 Å². The smallest absolute Gasteiger partial charge is 0.437 e. The van der Waals surface area contributed by atoms with Crippen LogP contribution in [0.1, 0.15) is 5.56 Å². The van der Waals surface area contributed by atoms with Crippen LogP contribution < -0.4 is 10.7 Å². The van der Waals surface area contributed by atoms with Crippen LogP contribution in [0, 0.1) is 0 Å². The lowest BCUT2D eigenvalue weighted by Crippen LogP contribution is -2.35. The standard InChI is InChI=1S/C16H13N3O4/c20-14(18-8-7-11-4-1-2-5-12(11)18)10-19-16(21)23-15(17-19)13-6-3-9-22-13/h1-6,9H,7-8,10H2. The van der Waals surface area contributed by atoms with E-state index in [9.17, 15) is 9.59 Å². The number of furan rings is 1. The van der Waals surface area contributed by atoms with Gasteiger partial charge in [-0.1, -0.05) is 18.2 Å². The van der Waals surface area contributed by atoms with E-state index in [1.54, 1.807) is 17.0 Å². The van der Waals surface area contributed by atoms with Crippen molar-refractivity contribution in [2.24, 2.45) is 0 Å². The van der Waals surface area contributed by atoms with Gasteiger partial charge in [-0.3, -0.25) is 4.79 Å². The van der Waals surface area contributed by atoms with E-state index in [1.807, 2.05) is 24.3 Å². The van der Waals surface area contributed by atoms with Crippen molar-refractivity contribution in [1.29, 1.82) is 0 Å². The molecule has 1 amide bonds. The molecule has 0 bridgehead atoms. The molecule has 7 heteroatoms. The lowest BCUT2D eigenvalue weighted by molar-refractivity contribution is -0.119. The molecular weight excluding hydrogens is 298 g/mol. The van der Waals surface area contributed by atoms with Gasteiger partial charge in [0.1, 0.15) is 6.54 Å². The summed E-state index contributed by atoms with van der Waals surface area (Å²) in [6.45, 7) is 0.438. The van der Waals surface area contributed by atoms with Gasteiger partial charge in [-0.05, 0) is 30.2 Å². The molecule has 7 nitrogen and oxygen atoms in total. The quantitative estimate of drug-likeness (QED) is 0.735.